The molecule has 0 aliphatic heterocycles. The molecule has 32 heavy (non-hydrogen) atoms. The van der Waals surface area contributed by atoms with Gasteiger partial charge >= 0.3 is 11.9 Å². The van der Waals surface area contributed by atoms with E-state index in [0.717, 1.165) is 44.9 Å². The largest absolute Gasteiger partial charge is 0.481 e. The van der Waals surface area contributed by atoms with Crippen LogP contribution in [0.2, 0.25) is 0 Å². The van der Waals surface area contributed by atoms with Gasteiger partial charge in [0.15, 0.2) is 5.78 Å². The molecule has 0 saturated heterocycles. The van der Waals surface area contributed by atoms with E-state index in [9.17, 15) is 37.6 Å². The first-order chi connectivity index (χ1) is 15.0. The number of carbonyl (C=O) groups excluding carboxylic acids is 1. The van der Waals surface area contributed by atoms with E-state index in [1.165, 1.54) is 12.8 Å². The summed E-state index contributed by atoms with van der Waals surface area (Å²) in [6.45, 7) is 2.15. The maximum atomic E-state index is 12.2. The molecular formula is C22H38O9S. The average Bonchev–Trinajstić information content (AvgIpc) is 2.69. The van der Waals surface area contributed by atoms with Gasteiger partial charge in [-0.1, -0.05) is 64.0 Å². The second kappa shape index (κ2) is 15.9. The van der Waals surface area contributed by atoms with E-state index in [0.29, 0.717) is 12.8 Å². The summed E-state index contributed by atoms with van der Waals surface area (Å²) in [4.78, 5) is 34.5. The third-order valence-corrected chi connectivity index (χ3v) is 6.80. The number of unbranched alkanes of at least 4 members (excludes halogenated alkanes) is 8. The normalized spacial score (nSPS) is 14.8. The number of hydrogen-bond donors (Lipinski definition) is 4. The van der Waals surface area contributed by atoms with Gasteiger partial charge in [-0.05, 0) is 32.1 Å². The van der Waals surface area contributed by atoms with E-state index in [1.54, 1.807) is 0 Å². The van der Waals surface area contributed by atoms with Crippen molar-refractivity contribution in [3.63, 3.8) is 0 Å². The quantitative estimate of drug-likeness (QED) is 0.0881. The Labute approximate surface area is 190 Å². The molecule has 0 bridgehead atoms. The molecular weight excluding hydrogens is 440 g/mol. The van der Waals surface area contributed by atoms with Crippen molar-refractivity contribution in [1.29, 1.82) is 0 Å². The molecule has 0 rings (SSSR count). The monoisotopic (exact) mass is 478 g/mol. The molecule has 2 atom stereocenters. The Morgan fingerprint density at radius 1 is 0.906 bits per heavy atom. The van der Waals surface area contributed by atoms with Gasteiger partial charge in [0, 0.05) is 6.42 Å². The number of carboxylic acid groups (broad SMARTS) is 2. The van der Waals surface area contributed by atoms with Gasteiger partial charge in [0.1, 0.15) is 0 Å². The Kier molecular flexibility index (Phi) is 15.0. The van der Waals surface area contributed by atoms with Gasteiger partial charge in [0.2, 0.25) is 0 Å². The third kappa shape index (κ3) is 11.2. The van der Waals surface area contributed by atoms with Crippen molar-refractivity contribution in [3.8, 4) is 0 Å². The minimum Gasteiger partial charge on any atom is -0.481 e. The van der Waals surface area contributed by atoms with Crippen LogP contribution >= 0.6 is 0 Å². The van der Waals surface area contributed by atoms with E-state index in [4.69, 9.17) is 5.11 Å². The van der Waals surface area contributed by atoms with E-state index in [1.807, 2.05) is 12.2 Å². The molecule has 0 radical (unpaired) electrons. The average molecular weight is 479 g/mol. The van der Waals surface area contributed by atoms with Crippen LogP contribution in [0, 0.1) is 0 Å². The zero-order chi connectivity index (χ0) is 24.6. The summed E-state index contributed by atoms with van der Waals surface area (Å²) in [5, 5.41) is 27.9. The number of aliphatic carboxylic acids is 2. The van der Waals surface area contributed by atoms with Gasteiger partial charge in [0.25, 0.3) is 14.9 Å². The van der Waals surface area contributed by atoms with Crippen LogP contribution in [-0.4, -0.2) is 56.9 Å². The Bertz CT molecular complexity index is 715. The van der Waals surface area contributed by atoms with Crippen LogP contribution in [0.15, 0.2) is 12.2 Å². The number of aliphatic hydroxyl groups excluding tert-OH is 1. The summed E-state index contributed by atoms with van der Waals surface area (Å²) in [5.74, 6) is -5.33. The molecule has 9 nitrogen and oxygen atoms in total. The number of carboxylic acids is 2. The molecule has 0 amide bonds. The van der Waals surface area contributed by atoms with E-state index >= 15 is 0 Å². The minimum atomic E-state index is -5.45. The molecule has 0 spiro atoms. The van der Waals surface area contributed by atoms with Gasteiger partial charge in [-0.25, -0.2) is 4.79 Å². The van der Waals surface area contributed by atoms with Crippen LogP contribution in [-0.2, 0) is 24.5 Å². The van der Waals surface area contributed by atoms with Crippen LogP contribution in [0.4, 0.5) is 0 Å². The molecule has 0 saturated carbocycles. The lowest BCUT2D eigenvalue weighted by molar-refractivity contribution is -0.150. The molecule has 0 aliphatic carbocycles. The van der Waals surface area contributed by atoms with Crippen LogP contribution in [0.5, 0.6) is 0 Å². The maximum Gasteiger partial charge on any atom is 0.335 e. The predicted octanol–water partition coefficient (Wildman–Crippen LogP) is 3.75. The lowest BCUT2D eigenvalue weighted by Gasteiger charge is -2.22. The summed E-state index contributed by atoms with van der Waals surface area (Å²) >= 11 is 0. The lowest BCUT2D eigenvalue weighted by Crippen LogP contribution is -2.54. The number of rotatable bonds is 20. The highest BCUT2D eigenvalue weighted by atomic mass is 32.2. The predicted molar refractivity (Wildman–Crippen MR) is 120 cm³/mol. The van der Waals surface area contributed by atoms with Crippen LogP contribution < -0.4 is 0 Å². The molecule has 0 aromatic rings. The smallest absolute Gasteiger partial charge is 0.335 e. The summed E-state index contributed by atoms with van der Waals surface area (Å²) in [6.07, 6.45) is 11.8. The highest BCUT2D eigenvalue weighted by molar-refractivity contribution is 7.89. The standard InChI is InChI=1S/C22H38O9S/c1-2-3-4-11-14-18(23)15-12-9-7-5-6-8-10-13-16-19(24)22(21(27)28,17-20(25)26)32(29,30)31/h9,12,18,23H,2-8,10-11,13-17H2,1H3,(H,25,26)(H,27,28)(H,29,30,31)/b12-9-/t18-,22?/m1/s1. The number of carbonyl (C=O) groups is 3. The van der Waals surface area contributed by atoms with Gasteiger partial charge in [-0.2, -0.15) is 8.42 Å². The Morgan fingerprint density at radius 2 is 1.50 bits per heavy atom. The molecule has 186 valence electrons. The van der Waals surface area contributed by atoms with Crippen LogP contribution in [0.1, 0.15) is 96.8 Å². The Morgan fingerprint density at radius 3 is 2.06 bits per heavy atom. The fourth-order valence-corrected chi connectivity index (χ4v) is 4.34. The molecule has 0 aromatic carbocycles. The van der Waals surface area contributed by atoms with Gasteiger partial charge in [0.05, 0.1) is 12.5 Å². The van der Waals surface area contributed by atoms with Crippen molar-refractivity contribution in [2.45, 2.75) is 108 Å². The Balaban J connectivity index is 4.18. The number of hydrogen-bond acceptors (Lipinski definition) is 6. The zero-order valence-electron chi connectivity index (χ0n) is 18.9. The van der Waals surface area contributed by atoms with Crippen LogP contribution in [0.3, 0.4) is 0 Å². The summed E-state index contributed by atoms with van der Waals surface area (Å²) in [5.41, 5.74) is 0. The van der Waals surface area contributed by atoms with Crippen molar-refractivity contribution >= 4 is 27.8 Å². The minimum absolute atomic E-state index is 0.197. The van der Waals surface area contributed by atoms with Gasteiger partial charge < -0.3 is 15.3 Å². The van der Waals surface area contributed by atoms with Gasteiger partial charge in [-0.3, -0.25) is 14.1 Å². The summed E-state index contributed by atoms with van der Waals surface area (Å²) in [7, 11) is -5.45. The molecule has 0 aliphatic rings. The fraction of sp³-hybridized carbons (Fsp3) is 0.773. The van der Waals surface area contributed by atoms with Crippen molar-refractivity contribution in [1.82, 2.24) is 0 Å². The van der Waals surface area contributed by atoms with Gasteiger partial charge in [-0.15, -0.1) is 0 Å². The highest BCUT2D eigenvalue weighted by Gasteiger charge is 2.58. The fourth-order valence-electron chi connectivity index (χ4n) is 3.43. The highest BCUT2D eigenvalue weighted by Crippen LogP contribution is 2.26. The second-order valence-electron chi connectivity index (χ2n) is 8.12. The third-order valence-electron chi connectivity index (χ3n) is 5.38. The lowest BCUT2D eigenvalue weighted by atomic mass is 9.94. The molecule has 10 heteroatoms. The summed E-state index contributed by atoms with van der Waals surface area (Å²) < 4.78 is 28.9. The zero-order valence-corrected chi connectivity index (χ0v) is 19.7. The number of allylic oxidation sites excluding steroid dienone is 1. The van der Waals surface area contributed by atoms with E-state index < -0.39 is 45.4 Å². The van der Waals surface area contributed by atoms with Crippen molar-refractivity contribution in [2.24, 2.45) is 0 Å². The first kappa shape index (κ1) is 30.2. The first-order valence-electron chi connectivity index (χ1n) is 11.3. The SMILES string of the molecule is CCCCCC[C@@H](O)C/C=C\CCCCCCCC(=O)C(CC(=O)O)(C(=O)O)S(=O)(=O)O. The Hall–Kier alpha value is -1.78. The van der Waals surface area contributed by atoms with Crippen molar-refractivity contribution in [3.05, 3.63) is 12.2 Å². The number of aliphatic hydroxyl groups is 1. The summed E-state index contributed by atoms with van der Waals surface area (Å²) in [6, 6.07) is 0. The molecule has 1 unspecified atom stereocenters. The number of Topliss-reactive ketones (excluding diaryl/α,β-unsaturated/α-hetero) is 1. The van der Waals surface area contributed by atoms with Crippen molar-refractivity contribution < 1.29 is 42.7 Å². The second-order valence-corrected chi connectivity index (χ2v) is 9.76. The molecule has 0 heterocycles. The topological polar surface area (TPSA) is 166 Å². The van der Waals surface area contributed by atoms with E-state index in [2.05, 4.69) is 6.92 Å². The van der Waals surface area contributed by atoms with Crippen molar-refractivity contribution in [2.75, 3.05) is 0 Å². The first-order valence-corrected chi connectivity index (χ1v) is 12.7. The molecule has 0 aromatic heterocycles. The van der Waals surface area contributed by atoms with Crippen LogP contribution in [0.25, 0.3) is 0 Å². The van der Waals surface area contributed by atoms with E-state index in [-0.39, 0.29) is 12.5 Å². The molecule has 4 N–H and O–H groups in total. The maximum absolute atomic E-state index is 12.2. The molecule has 0 fully saturated rings. The number of ketones is 1.